The van der Waals surface area contributed by atoms with Gasteiger partial charge in [0.2, 0.25) is 0 Å². The van der Waals surface area contributed by atoms with Gasteiger partial charge in [0.15, 0.2) is 11.5 Å². The second kappa shape index (κ2) is 7.00. The summed E-state index contributed by atoms with van der Waals surface area (Å²) in [4.78, 5) is 22.0. The van der Waals surface area contributed by atoms with Crippen molar-refractivity contribution in [3.05, 3.63) is 23.8 Å². The van der Waals surface area contributed by atoms with Gasteiger partial charge in [0, 0.05) is 7.05 Å². The normalized spacial score (nSPS) is 10.2. The summed E-state index contributed by atoms with van der Waals surface area (Å²) in [6, 6.07) is 4.61. The van der Waals surface area contributed by atoms with E-state index in [1.54, 1.807) is 19.1 Å². The van der Waals surface area contributed by atoms with Crippen LogP contribution in [0.25, 0.3) is 0 Å². The highest BCUT2D eigenvalue weighted by atomic mass is 16.5. The minimum atomic E-state index is -0.859. The van der Waals surface area contributed by atoms with Crippen molar-refractivity contribution in [2.24, 2.45) is 5.10 Å². The van der Waals surface area contributed by atoms with Crippen molar-refractivity contribution in [2.75, 3.05) is 13.7 Å². The zero-order valence-electron chi connectivity index (χ0n) is 10.6. The lowest BCUT2D eigenvalue weighted by Gasteiger charge is -2.05. The van der Waals surface area contributed by atoms with Crippen LogP contribution in [0.4, 0.5) is 0 Å². The van der Waals surface area contributed by atoms with Crippen LogP contribution in [0.2, 0.25) is 0 Å². The van der Waals surface area contributed by atoms with E-state index in [9.17, 15) is 14.7 Å². The lowest BCUT2D eigenvalue weighted by molar-refractivity contribution is -0.138. The van der Waals surface area contributed by atoms with Crippen molar-refractivity contribution in [2.45, 2.75) is 6.92 Å². The Hall–Kier alpha value is -2.57. The standard InChI is InChI=1S/C12H15N3O4/c1-3-19-10-6-8(4-5-9(10)16)7-14-15-12(18)11(17)13-2/h4-7,16H,3H2,1-2H3,(H,13,17)(H,15,18)/b14-7-. The lowest BCUT2D eigenvalue weighted by Crippen LogP contribution is -2.35. The molecule has 0 aromatic heterocycles. The number of carbonyl (C=O) groups is 2. The first kappa shape index (κ1) is 14.5. The Bertz CT molecular complexity index is 500. The van der Waals surface area contributed by atoms with E-state index in [2.05, 4.69) is 15.8 Å². The molecular formula is C12H15N3O4. The molecule has 1 rings (SSSR count). The maximum Gasteiger partial charge on any atom is 0.329 e. The average Bonchev–Trinajstić information content (AvgIpc) is 2.41. The molecule has 0 unspecified atom stereocenters. The van der Waals surface area contributed by atoms with Gasteiger partial charge < -0.3 is 15.2 Å². The molecule has 0 aliphatic carbocycles. The van der Waals surface area contributed by atoms with Crippen LogP contribution in [0.15, 0.2) is 23.3 Å². The molecule has 0 heterocycles. The Labute approximate surface area is 110 Å². The number of phenols is 1. The lowest BCUT2D eigenvalue weighted by atomic mass is 10.2. The van der Waals surface area contributed by atoms with Gasteiger partial charge in [0.1, 0.15) is 0 Å². The zero-order chi connectivity index (χ0) is 14.3. The maximum atomic E-state index is 11.1. The predicted octanol–water partition coefficient (Wildman–Crippen LogP) is -0.0130. The number of hydrogen-bond donors (Lipinski definition) is 3. The van der Waals surface area contributed by atoms with Crippen molar-refractivity contribution in [1.29, 1.82) is 0 Å². The molecule has 102 valence electrons. The molecule has 0 bridgehead atoms. The van der Waals surface area contributed by atoms with Gasteiger partial charge in [0.05, 0.1) is 12.8 Å². The first-order chi connectivity index (χ1) is 9.08. The third-order valence-corrected chi connectivity index (χ3v) is 2.10. The van der Waals surface area contributed by atoms with Crippen LogP contribution in [-0.2, 0) is 9.59 Å². The molecule has 7 nitrogen and oxygen atoms in total. The fraction of sp³-hybridized carbons (Fsp3) is 0.250. The number of benzene rings is 1. The summed E-state index contributed by atoms with van der Waals surface area (Å²) in [5, 5.41) is 15.3. The topological polar surface area (TPSA) is 100 Å². The number of nitrogens with one attached hydrogen (secondary N) is 2. The maximum absolute atomic E-state index is 11.1. The highest BCUT2D eigenvalue weighted by Crippen LogP contribution is 2.25. The summed E-state index contributed by atoms with van der Waals surface area (Å²) in [6.45, 7) is 2.21. The second-order valence-electron chi connectivity index (χ2n) is 3.44. The smallest absolute Gasteiger partial charge is 0.329 e. The van der Waals surface area contributed by atoms with Crippen molar-refractivity contribution < 1.29 is 19.4 Å². The van der Waals surface area contributed by atoms with Crippen molar-refractivity contribution >= 4 is 18.0 Å². The molecule has 0 aliphatic heterocycles. The number of likely N-dealkylation sites (N-methyl/N-ethyl adjacent to an activating group) is 1. The number of phenolic OH excluding ortho intramolecular Hbond substituents is 1. The molecule has 0 atom stereocenters. The molecule has 0 fully saturated rings. The molecule has 0 radical (unpaired) electrons. The summed E-state index contributed by atoms with van der Waals surface area (Å²) >= 11 is 0. The Balaban J connectivity index is 2.69. The van der Waals surface area contributed by atoms with Gasteiger partial charge in [-0.05, 0) is 30.7 Å². The van der Waals surface area contributed by atoms with Crippen LogP contribution in [0.1, 0.15) is 12.5 Å². The highest BCUT2D eigenvalue weighted by Gasteiger charge is 2.08. The molecule has 1 aromatic rings. The van der Waals surface area contributed by atoms with Gasteiger partial charge in [0.25, 0.3) is 0 Å². The third kappa shape index (κ3) is 4.30. The van der Waals surface area contributed by atoms with E-state index in [1.807, 2.05) is 0 Å². The van der Waals surface area contributed by atoms with E-state index >= 15 is 0 Å². The summed E-state index contributed by atoms with van der Waals surface area (Å²) in [6.07, 6.45) is 1.34. The largest absolute Gasteiger partial charge is 0.504 e. The van der Waals surface area contributed by atoms with Crippen LogP contribution in [-0.4, -0.2) is 36.8 Å². The second-order valence-corrected chi connectivity index (χ2v) is 3.44. The number of aromatic hydroxyl groups is 1. The fourth-order valence-electron chi connectivity index (χ4n) is 1.21. The molecule has 0 saturated heterocycles. The molecule has 19 heavy (non-hydrogen) atoms. The molecule has 1 aromatic carbocycles. The van der Waals surface area contributed by atoms with Gasteiger partial charge in [-0.15, -0.1) is 0 Å². The van der Waals surface area contributed by atoms with E-state index in [1.165, 1.54) is 19.3 Å². The monoisotopic (exact) mass is 265 g/mol. The third-order valence-electron chi connectivity index (χ3n) is 2.10. The Morgan fingerprint density at radius 2 is 2.16 bits per heavy atom. The summed E-state index contributed by atoms with van der Waals surface area (Å²) in [5.41, 5.74) is 2.67. The molecule has 0 saturated carbocycles. The first-order valence-electron chi connectivity index (χ1n) is 5.59. The van der Waals surface area contributed by atoms with Crippen molar-refractivity contribution in [1.82, 2.24) is 10.7 Å². The SMILES string of the molecule is CCOc1cc(/C=N\NC(=O)C(=O)NC)ccc1O. The molecular weight excluding hydrogens is 250 g/mol. The van der Waals surface area contributed by atoms with E-state index in [0.29, 0.717) is 17.9 Å². The predicted molar refractivity (Wildman–Crippen MR) is 69.1 cm³/mol. The van der Waals surface area contributed by atoms with Crippen LogP contribution >= 0.6 is 0 Å². The van der Waals surface area contributed by atoms with Crippen LogP contribution in [0.5, 0.6) is 11.5 Å². The molecule has 7 heteroatoms. The summed E-state index contributed by atoms with van der Waals surface area (Å²) < 4.78 is 5.20. The van der Waals surface area contributed by atoms with Gasteiger partial charge >= 0.3 is 11.8 Å². The van der Waals surface area contributed by atoms with Gasteiger partial charge in [-0.2, -0.15) is 5.10 Å². The van der Waals surface area contributed by atoms with Crippen LogP contribution in [0, 0.1) is 0 Å². The van der Waals surface area contributed by atoms with Crippen molar-refractivity contribution in [3.8, 4) is 11.5 Å². The highest BCUT2D eigenvalue weighted by molar-refractivity contribution is 6.34. The minimum absolute atomic E-state index is 0.0217. The van der Waals surface area contributed by atoms with E-state index in [-0.39, 0.29) is 5.75 Å². The number of rotatable bonds is 4. The Morgan fingerprint density at radius 1 is 1.42 bits per heavy atom. The quantitative estimate of drug-likeness (QED) is 0.405. The van der Waals surface area contributed by atoms with E-state index < -0.39 is 11.8 Å². The summed E-state index contributed by atoms with van der Waals surface area (Å²) in [5.74, 6) is -1.29. The number of amides is 2. The number of nitrogens with zero attached hydrogens (tertiary/aromatic N) is 1. The van der Waals surface area contributed by atoms with E-state index in [4.69, 9.17) is 4.74 Å². The molecule has 0 aliphatic rings. The van der Waals surface area contributed by atoms with Crippen LogP contribution in [0.3, 0.4) is 0 Å². The van der Waals surface area contributed by atoms with Gasteiger partial charge in [-0.25, -0.2) is 5.43 Å². The number of carbonyl (C=O) groups excluding carboxylic acids is 2. The van der Waals surface area contributed by atoms with Crippen LogP contribution < -0.4 is 15.5 Å². The Kier molecular flexibility index (Phi) is 5.34. The summed E-state index contributed by atoms with van der Waals surface area (Å²) in [7, 11) is 1.35. The Morgan fingerprint density at radius 3 is 2.79 bits per heavy atom. The number of hydrazone groups is 1. The molecule has 0 spiro atoms. The number of hydrogen-bond acceptors (Lipinski definition) is 5. The van der Waals surface area contributed by atoms with Gasteiger partial charge in [-0.1, -0.05) is 0 Å². The zero-order valence-corrected chi connectivity index (χ0v) is 10.6. The van der Waals surface area contributed by atoms with E-state index in [0.717, 1.165) is 0 Å². The minimum Gasteiger partial charge on any atom is -0.504 e. The van der Waals surface area contributed by atoms with Gasteiger partial charge in [-0.3, -0.25) is 9.59 Å². The van der Waals surface area contributed by atoms with Crippen molar-refractivity contribution in [3.63, 3.8) is 0 Å². The molecule has 3 N–H and O–H groups in total. The molecule has 2 amide bonds. The fourth-order valence-corrected chi connectivity index (χ4v) is 1.21. The average molecular weight is 265 g/mol. The number of ether oxygens (including phenoxy) is 1. The first-order valence-corrected chi connectivity index (χ1v) is 5.59.